The van der Waals surface area contributed by atoms with Gasteiger partial charge >= 0.3 is 0 Å². The lowest BCUT2D eigenvalue weighted by molar-refractivity contribution is -0.127. The number of aromatic nitrogens is 3. The molecule has 0 atom stereocenters. The minimum absolute atomic E-state index is 0.174. The first-order valence-electron chi connectivity index (χ1n) is 9.72. The predicted octanol–water partition coefficient (Wildman–Crippen LogP) is 5.03. The molecule has 1 aliphatic rings. The van der Waals surface area contributed by atoms with E-state index in [1.807, 2.05) is 29.2 Å². The van der Waals surface area contributed by atoms with Gasteiger partial charge in [-0.05, 0) is 62.1 Å². The van der Waals surface area contributed by atoms with Gasteiger partial charge in [0, 0.05) is 23.1 Å². The van der Waals surface area contributed by atoms with E-state index >= 15 is 0 Å². The lowest BCUT2D eigenvalue weighted by atomic mass is 10.1. The summed E-state index contributed by atoms with van der Waals surface area (Å²) in [6.45, 7) is 5.91. The molecule has 0 aliphatic carbocycles. The molecule has 0 saturated carbocycles. The van der Waals surface area contributed by atoms with Crippen molar-refractivity contribution in [3.05, 3.63) is 58.1 Å². The third-order valence-electron chi connectivity index (χ3n) is 4.98. The number of thioether (sulfide) groups is 1. The van der Waals surface area contributed by atoms with Crippen molar-refractivity contribution >= 4 is 33.6 Å². The zero-order valence-electron chi connectivity index (χ0n) is 16.6. The number of nitrogens with zero attached hydrogens (tertiary/aromatic N) is 4. The number of aryl methyl sites for hydroxylation is 2. The van der Waals surface area contributed by atoms with Gasteiger partial charge in [0.05, 0.1) is 11.4 Å². The van der Waals surface area contributed by atoms with Crippen LogP contribution in [0.15, 0.2) is 52.1 Å². The highest BCUT2D eigenvalue weighted by Crippen LogP contribution is 2.30. The molecule has 1 aromatic heterocycles. The maximum atomic E-state index is 12.5. The summed E-state index contributed by atoms with van der Waals surface area (Å²) < 4.78 is 3.08. The molecule has 7 heteroatoms. The molecule has 0 radical (unpaired) electrons. The molecule has 1 fully saturated rings. The Bertz CT molecular complexity index is 1010. The van der Waals surface area contributed by atoms with Gasteiger partial charge in [-0.15, -0.1) is 10.2 Å². The van der Waals surface area contributed by atoms with Crippen molar-refractivity contribution in [1.82, 2.24) is 19.7 Å². The molecule has 0 spiro atoms. The SMILES string of the molecule is Cc1cc(C)cc(-n2c(SCC(=O)N3CCCC3)nnc2-c2ccc(Br)cc2)c1. The molecular weight excluding hydrogens is 448 g/mol. The van der Waals surface area contributed by atoms with Gasteiger partial charge in [0.25, 0.3) is 0 Å². The van der Waals surface area contributed by atoms with Crippen LogP contribution in [-0.4, -0.2) is 44.4 Å². The van der Waals surface area contributed by atoms with E-state index in [-0.39, 0.29) is 5.91 Å². The minimum atomic E-state index is 0.174. The largest absolute Gasteiger partial charge is 0.342 e. The van der Waals surface area contributed by atoms with Crippen molar-refractivity contribution in [1.29, 1.82) is 0 Å². The molecule has 0 bridgehead atoms. The van der Waals surface area contributed by atoms with Crippen LogP contribution in [0.4, 0.5) is 0 Å². The van der Waals surface area contributed by atoms with Crippen molar-refractivity contribution < 1.29 is 4.79 Å². The van der Waals surface area contributed by atoms with Crippen LogP contribution in [0.3, 0.4) is 0 Å². The number of amides is 1. The molecule has 5 nitrogen and oxygen atoms in total. The van der Waals surface area contributed by atoms with E-state index in [2.05, 4.69) is 62.7 Å². The lowest BCUT2D eigenvalue weighted by Gasteiger charge is -2.15. The Kier molecular flexibility index (Phi) is 6.06. The number of hydrogen-bond acceptors (Lipinski definition) is 4. The van der Waals surface area contributed by atoms with E-state index in [0.29, 0.717) is 5.75 Å². The fourth-order valence-corrected chi connectivity index (χ4v) is 4.76. The third kappa shape index (κ3) is 4.56. The molecule has 1 amide bonds. The van der Waals surface area contributed by atoms with Crippen LogP contribution in [0.5, 0.6) is 0 Å². The van der Waals surface area contributed by atoms with Gasteiger partial charge in [0.2, 0.25) is 5.91 Å². The maximum absolute atomic E-state index is 12.5. The monoisotopic (exact) mass is 470 g/mol. The first-order valence-corrected chi connectivity index (χ1v) is 11.5. The highest BCUT2D eigenvalue weighted by Gasteiger charge is 2.21. The highest BCUT2D eigenvalue weighted by atomic mass is 79.9. The number of carbonyl (C=O) groups excluding carboxylic acids is 1. The van der Waals surface area contributed by atoms with E-state index in [9.17, 15) is 4.79 Å². The van der Waals surface area contributed by atoms with Crippen LogP contribution < -0.4 is 0 Å². The molecule has 2 heterocycles. The zero-order chi connectivity index (χ0) is 20.4. The molecule has 150 valence electrons. The Morgan fingerprint density at radius 3 is 2.34 bits per heavy atom. The second-order valence-corrected chi connectivity index (χ2v) is 9.23. The van der Waals surface area contributed by atoms with E-state index in [1.54, 1.807) is 0 Å². The normalized spacial score (nSPS) is 13.8. The van der Waals surface area contributed by atoms with Crippen molar-refractivity contribution in [2.75, 3.05) is 18.8 Å². The Morgan fingerprint density at radius 2 is 1.69 bits per heavy atom. The van der Waals surface area contributed by atoms with Crippen LogP contribution >= 0.6 is 27.7 Å². The van der Waals surface area contributed by atoms with Gasteiger partial charge in [-0.25, -0.2) is 0 Å². The number of rotatable bonds is 5. The molecule has 1 aliphatic heterocycles. The van der Waals surface area contributed by atoms with Gasteiger partial charge in [-0.3, -0.25) is 9.36 Å². The molecule has 0 N–H and O–H groups in total. The Hall–Kier alpha value is -2.12. The van der Waals surface area contributed by atoms with Gasteiger partial charge in [0.15, 0.2) is 11.0 Å². The molecule has 4 rings (SSSR count). The fourth-order valence-electron chi connectivity index (χ4n) is 3.65. The predicted molar refractivity (Wildman–Crippen MR) is 121 cm³/mol. The van der Waals surface area contributed by atoms with Crippen molar-refractivity contribution in [3.8, 4) is 17.1 Å². The van der Waals surface area contributed by atoms with Crippen LogP contribution in [0.1, 0.15) is 24.0 Å². The summed E-state index contributed by atoms with van der Waals surface area (Å²) in [5.74, 6) is 1.33. The Morgan fingerprint density at radius 1 is 1.03 bits per heavy atom. The quantitative estimate of drug-likeness (QED) is 0.490. The van der Waals surface area contributed by atoms with Gasteiger partial charge < -0.3 is 4.90 Å². The summed E-state index contributed by atoms with van der Waals surface area (Å²) in [4.78, 5) is 14.5. The van der Waals surface area contributed by atoms with Crippen molar-refractivity contribution in [2.24, 2.45) is 0 Å². The van der Waals surface area contributed by atoms with Crippen molar-refractivity contribution in [3.63, 3.8) is 0 Å². The van der Waals surface area contributed by atoms with Crippen molar-refractivity contribution in [2.45, 2.75) is 31.8 Å². The summed E-state index contributed by atoms with van der Waals surface area (Å²) in [6, 6.07) is 14.5. The first kappa shape index (κ1) is 20.2. The zero-order valence-corrected chi connectivity index (χ0v) is 19.0. The second kappa shape index (κ2) is 8.71. The highest BCUT2D eigenvalue weighted by molar-refractivity contribution is 9.10. The van der Waals surface area contributed by atoms with E-state index in [4.69, 9.17) is 0 Å². The molecule has 1 saturated heterocycles. The molecule has 0 unspecified atom stereocenters. The van der Waals surface area contributed by atoms with Crippen LogP contribution in [0, 0.1) is 13.8 Å². The third-order valence-corrected chi connectivity index (χ3v) is 6.43. The fraction of sp³-hybridized carbons (Fsp3) is 0.318. The van der Waals surface area contributed by atoms with Gasteiger partial charge in [-0.2, -0.15) is 0 Å². The topological polar surface area (TPSA) is 51.0 Å². The summed E-state index contributed by atoms with van der Waals surface area (Å²) in [7, 11) is 0. The summed E-state index contributed by atoms with van der Waals surface area (Å²) in [5, 5.41) is 9.66. The number of benzene rings is 2. The van der Waals surface area contributed by atoms with Crippen LogP contribution in [0.2, 0.25) is 0 Å². The number of likely N-dealkylation sites (tertiary alicyclic amines) is 1. The summed E-state index contributed by atoms with van der Waals surface area (Å²) in [5.41, 5.74) is 4.36. The Labute approximate surface area is 183 Å². The summed E-state index contributed by atoms with van der Waals surface area (Å²) >= 11 is 4.95. The lowest BCUT2D eigenvalue weighted by Crippen LogP contribution is -2.29. The minimum Gasteiger partial charge on any atom is -0.342 e. The van der Waals surface area contributed by atoms with Crippen LogP contribution in [0.25, 0.3) is 17.1 Å². The van der Waals surface area contributed by atoms with E-state index in [1.165, 1.54) is 22.9 Å². The molecule has 2 aromatic carbocycles. The first-order chi connectivity index (χ1) is 14.0. The summed E-state index contributed by atoms with van der Waals surface area (Å²) in [6.07, 6.45) is 2.20. The van der Waals surface area contributed by atoms with E-state index in [0.717, 1.165) is 52.6 Å². The van der Waals surface area contributed by atoms with Gasteiger partial charge in [-0.1, -0.05) is 45.9 Å². The average Bonchev–Trinajstić information content (AvgIpc) is 3.36. The number of carbonyl (C=O) groups is 1. The standard InChI is InChI=1S/C22H23BrN4OS/c1-15-11-16(2)13-19(12-15)27-21(17-5-7-18(23)8-6-17)24-25-22(27)29-14-20(28)26-9-3-4-10-26/h5-8,11-13H,3-4,9-10,14H2,1-2H3. The van der Waals surface area contributed by atoms with E-state index < -0.39 is 0 Å². The van der Waals surface area contributed by atoms with Gasteiger partial charge in [0.1, 0.15) is 0 Å². The second-order valence-electron chi connectivity index (χ2n) is 7.37. The van der Waals surface area contributed by atoms with Crippen LogP contribution in [-0.2, 0) is 4.79 Å². The molecular formula is C22H23BrN4OS. The average molecular weight is 471 g/mol. The number of halogens is 1. The molecule has 29 heavy (non-hydrogen) atoms. The molecule has 3 aromatic rings. The maximum Gasteiger partial charge on any atom is 0.233 e. The Balaban J connectivity index is 1.70. The number of hydrogen-bond donors (Lipinski definition) is 0. The smallest absolute Gasteiger partial charge is 0.233 e.